The molecule has 3 rings (SSSR count). The number of nitrogens with one attached hydrogen (secondary N) is 1. The zero-order valence-electron chi connectivity index (χ0n) is 10.8. The highest BCUT2D eigenvalue weighted by Crippen LogP contribution is 2.25. The molecule has 96 valence electrons. The summed E-state index contributed by atoms with van der Waals surface area (Å²) in [5, 5.41) is 13.3. The van der Waals surface area contributed by atoms with Gasteiger partial charge < -0.3 is 10.2 Å². The Balaban J connectivity index is 2.09. The maximum absolute atomic E-state index is 9.02. The van der Waals surface area contributed by atoms with Gasteiger partial charge in [-0.05, 0) is 31.2 Å². The van der Waals surface area contributed by atoms with Crippen LogP contribution >= 0.6 is 0 Å². The van der Waals surface area contributed by atoms with Crippen molar-refractivity contribution in [2.75, 3.05) is 25.0 Å². The molecule has 1 fully saturated rings. The molecule has 5 heteroatoms. The molecule has 1 aliphatic heterocycles. The number of fused-ring (bicyclic) bond motifs is 1. The van der Waals surface area contributed by atoms with Crippen LogP contribution in [-0.4, -0.2) is 36.1 Å². The van der Waals surface area contributed by atoms with Gasteiger partial charge in [0.05, 0.1) is 17.1 Å². The molecule has 5 nitrogen and oxygen atoms in total. The quantitative estimate of drug-likeness (QED) is 0.874. The van der Waals surface area contributed by atoms with Crippen LogP contribution in [0, 0.1) is 11.3 Å². The minimum absolute atomic E-state index is 0.448. The smallest absolute Gasteiger partial charge is 0.139 e. The minimum Gasteiger partial charge on any atom is -0.355 e. The van der Waals surface area contributed by atoms with Gasteiger partial charge in [0.25, 0.3) is 0 Å². The van der Waals surface area contributed by atoms with Crippen molar-refractivity contribution in [3.63, 3.8) is 0 Å². The van der Waals surface area contributed by atoms with Gasteiger partial charge in [-0.3, -0.25) is 0 Å². The number of hydrogen-bond donors (Lipinski definition) is 1. The van der Waals surface area contributed by atoms with Gasteiger partial charge in [-0.25, -0.2) is 9.97 Å². The molecule has 1 N–H and O–H groups in total. The molecule has 0 saturated carbocycles. The van der Waals surface area contributed by atoms with Gasteiger partial charge in [0.15, 0.2) is 0 Å². The molecule has 1 atom stereocenters. The van der Waals surface area contributed by atoms with Crippen molar-refractivity contribution >= 4 is 16.7 Å². The highest BCUT2D eigenvalue weighted by molar-refractivity contribution is 5.90. The fraction of sp³-hybridized carbons (Fsp3) is 0.357. The lowest BCUT2D eigenvalue weighted by molar-refractivity contribution is 0.679. The first kappa shape index (κ1) is 11.9. The predicted molar refractivity (Wildman–Crippen MR) is 73.9 cm³/mol. The Hall–Kier alpha value is -2.19. The van der Waals surface area contributed by atoms with Crippen LogP contribution in [-0.2, 0) is 0 Å². The molecule has 0 amide bonds. The topological polar surface area (TPSA) is 64.8 Å². The summed E-state index contributed by atoms with van der Waals surface area (Å²) >= 11 is 0. The van der Waals surface area contributed by atoms with Gasteiger partial charge in [0, 0.05) is 25.0 Å². The molecule has 1 aliphatic rings. The molecule has 2 aromatic rings. The average molecular weight is 253 g/mol. The molecule has 0 aliphatic carbocycles. The molecule has 0 radical (unpaired) electrons. The third-order valence-electron chi connectivity index (χ3n) is 3.66. The van der Waals surface area contributed by atoms with E-state index in [2.05, 4.69) is 33.3 Å². The molecule has 2 heterocycles. The molecule has 1 saturated heterocycles. The van der Waals surface area contributed by atoms with E-state index in [4.69, 9.17) is 5.26 Å². The summed E-state index contributed by atoms with van der Waals surface area (Å²) in [6.45, 7) is 2.02. The van der Waals surface area contributed by atoms with E-state index >= 15 is 0 Å². The van der Waals surface area contributed by atoms with Crippen molar-refractivity contribution in [1.82, 2.24) is 15.3 Å². The maximum Gasteiger partial charge on any atom is 0.139 e. The fourth-order valence-electron chi connectivity index (χ4n) is 2.54. The van der Waals surface area contributed by atoms with E-state index in [0.29, 0.717) is 11.6 Å². The lowest BCUT2D eigenvalue weighted by Gasteiger charge is -2.25. The van der Waals surface area contributed by atoms with Crippen LogP contribution < -0.4 is 10.2 Å². The van der Waals surface area contributed by atoms with Crippen molar-refractivity contribution < 1.29 is 0 Å². The van der Waals surface area contributed by atoms with Gasteiger partial charge in [-0.15, -0.1) is 0 Å². The second-order valence-corrected chi connectivity index (χ2v) is 4.80. The molecule has 0 unspecified atom stereocenters. The van der Waals surface area contributed by atoms with Gasteiger partial charge in [0.2, 0.25) is 0 Å². The molecule has 1 aromatic heterocycles. The van der Waals surface area contributed by atoms with E-state index in [-0.39, 0.29) is 0 Å². The van der Waals surface area contributed by atoms with E-state index in [1.54, 1.807) is 12.4 Å². The van der Waals surface area contributed by atoms with Crippen molar-refractivity contribution in [3.05, 3.63) is 30.1 Å². The standard InChI is InChI=1S/C14H15N5/c1-19(11-4-5-16-8-11)14-12-6-10(7-15)2-3-13(12)17-9-18-14/h2-3,6,9,11,16H,4-5,8H2,1H3/t11-/m1/s1. The number of benzene rings is 1. The lowest BCUT2D eigenvalue weighted by Crippen LogP contribution is -2.34. The minimum atomic E-state index is 0.448. The number of hydrogen-bond acceptors (Lipinski definition) is 5. The first-order valence-corrected chi connectivity index (χ1v) is 6.38. The molecular weight excluding hydrogens is 238 g/mol. The van der Waals surface area contributed by atoms with Crippen molar-refractivity contribution in [2.45, 2.75) is 12.5 Å². The Morgan fingerprint density at radius 1 is 1.42 bits per heavy atom. The summed E-state index contributed by atoms with van der Waals surface area (Å²) in [5.74, 6) is 0.899. The third kappa shape index (κ3) is 2.11. The van der Waals surface area contributed by atoms with Crippen LogP contribution in [0.25, 0.3) is 10.9 Å². The van der Waals surface area contributed by atoms with Gasteiger partial charge in [-0.2, -0.15) is 5.26 Å². The van der Waals surface area contributed by atoms with Crippen molar-refractivity contribution in [2.24, 2.45) is 0 Å². The summed E-state index contributed by atoms with van der Waals surface area (Å²) < 4.78 is 0. The zero-order chi connectivity index (χ0) is 13.2. The van der Waals surface area contributed by atoms with Crippen LogP contribution in [0.15, 0.2) is 24.5 Å². The first-order valence-electron chi connectivity index (χ1n) is 6.38. The number of aromatic nitrogens is 2. The average Bonchev–Trinajstić information content (AvgIpc) is 2.99. The fourth-order valence-corrected chi connectivity index (χ4v) is 2.54. The van der Waals surface area contributed by atoms with E-state index < -0.39 is 0 Å². The Morgan fingerprint density at radius 2 is 2.32 bits per heavy atom. The number of likely N-dealkylation sites (N-methyl/N-ethyl adjacent to an activating group) is 1. The van der Waals surface area contributed by atoms with Crippen LogP contribution in [0.2, 0.25) is 0 Å². The number of anilines is 1. The molecule has 19 heavy (non-hydrogen) atoms. The normalized spacial score (nSPS) is 18.4. The summed E-state index contributed by atoms with van der Waals surface area (Å²) in [6.07, 6.45) is 2.70. The van der Waals surface area contributed by atoms with Gasteiger partial charge in [0.1, 0.15) is 12.1 Å². The predicted octanol–water partition coefficient (Wildman–Crippen LogP) is 1.30. The maximum atomic E-state index is 9.02. The highest BCUT2D eigenvalue weighted by Gasteiger charge is 2.21. The first-order chi connectivity index (χ1) is 9.29. The third-order valence-corrected chi connectivity index (χ3v) is 3.66. The molecule has 0 spiro atoms. The summed E-state index contributed by atoms with van der Waals surface area (Å²) in [5.41, 5.74) is 1.52. The molecule has 1 aromatic carbocycles. The summed E-state index contributed by atoms with van der Waals surface area (Å²) in [4.78, 5) is 10.9. The summed E-state index contributed by atoms with van der Waals surface area (Å²) in [7, 11) is 2.05. The van der Waals surface area contributed by atoms with E-state index in [0.717, 1.165) is 36.2 Å². The second-order valence-electron chi connectivity index (χ2n) is 4.80. The Kier molecular flexibility index (Phi) is 3.02. The Morgan fingerprint density at radius 3 is 3.05 bits per heavy atom. The lowest BCUT2D eigenvalue weighted by atomic mass is 10.1. The monoisotopic (exact) mass is 253 g/mol. The second kappa shape index (κ2) is 4.82. The zero-order valence-corrected chi connectivity index (χ0v) is 10.8. The van der Waals surface area contributed by atoms with Crippen molar-refractivity contribution in [1.29, 1.82) is 5.26 Å². The van der Waals surface area contributed by atoms with Crippen LogP contribution in [0.5, 0.6) is 0 Å². The Bertz CT molecular complexity index is 640. The van der Waals surface area contributed by atoms with Crippen LogP contribution in [0.4, 0.5) is 5.82 Å². The Labute approximate surface area is 111 Å². The number of nitriles is 1. The van der Waals surface area contributed by atoms with Gasteiger partial charge >= 0.3 is 0 Å². The van der Waals surface area contributed by atoms with Crippen LogP contribution in [0.1, 0.15) is 12.0 Å². The van der Waals surface area contributed by atoms with E-state index in [1.807, 2.05) is 12.1 Å². The highest BCUT2D eigenvalue weighted by atomic mass is 15.2. The SMILES string of the molecule is CN(c1ncnc2ccc(C#N)cc12)[C@@H]1CCNC1. The van der Waals surface area contributed by atoms with Crippen LogP contribution in [0.3, 0.4) is 0 Å². The number of rotatable bonds is 2. The summed E-state index contributed by atoms with van der Waals surface area (Å²) in [6, 6.07) is 8.14. The van der Waals surface area contributed by atoms with Crippen molar-refractivity contribution in [3.8, 4) is 6.07 Å². The largest absolute Gasteiger partial charge is 0.355 e. The molecular formula is C14H15N5. The van der Waals surface area contributed by atoms with E-state index in [9.17, 15) is 0 Å². The van der Waals surface area contributed by atoms with Gasteiger partial charge in [-0.1, -0.05) is 0 Å². The number of nitrogens with zero attached hydrogens (tertiary/aromatic N) is 4. The van der Waals surface area contributed by atoms with E-state index in [1.165, 1.54) is 0 Å². The molecule has 0 bridgehead atoms.